The van der Waals surface area contributed by atoms with E-state index < -0.39 is 5.60 Å². The number of ether oxygens (including phenoxy) is 2. The molecule has 0 aromatic carbocycles. The van der Waals surface area contributed by atoms with Crippen LogP contribution in [-0.4, -0.2) is 34.5 Å². The summed E-state index contributed by atoms with van der Waals surface area (Å²) in [5.74, 6) is 1.00. The van der Waals surface area contributed by atoms with Crippen molar-refractivity contribution in [1.29, 1.82) is 0 Å². The molecule has 8 atom stereocenters. The highest BCUT2D eigenvalue weighted by Gasteiger charge is 2.69. The lowest BCUT2D eigenvalue weighted by molar-refractivity contribution is -0.194. The Hall–Kier alpha value is -0.610. The van der Waals surface area contributed by atoms with Crippen LogP contribution in [0.1, 0.15) is 40.0 Å². The third kappa shape index (κ3) is 1.30. The highest BCUT2D eigenvalue weighted by Crippen LogP contribution is 2.63. The zero-order valence-electron chi connectivity index (χ0n) is 11.8. The van der Waals surface area contributed by atoms with E-state index in [0.717, 1.165) is 19.3 Å². The minimum atomic E-state index is -0.421. The molecule has 1 N–H and O–H groups in total. The lowest BCUT2D eigenvalue weighted by atomic mass is 9.78. The van der Waals surface area contributed by atoms with E-state index in [0.29, 0.717) is 17.8 Å². The largest absolute Gasteiger partial charge is 0.462 e. The Morgan fingerprint density at radius 3 is 2.74 bits per heavy atom. The second kappa shape index (κ2) is 3.34. The van der Waals surface area contributed by atoms with Crippen LogP contribution in [-0.2, 0) is 14.3 Å². The molecular formula is C15H22O4. The molecule has 2 heterocycles. The minimum Gasteiger partial charge on any atom is -0.462 e. The van der Waals surface area contributed by atoms with Gasteiger partial charge in [-0.25, -0.2) is 0 Å². The number of aliphatic hydroxyl groups excluding tert-OH is 1. The van der Waals surface area contributed by atoms with Crippen LogP contribution in [0.2, 0.25) is 0 Å². The zero-order valence-corrected chi connectivity index (χ0v) is 11.8. The maximum Gasteiger partial charge on any atom is 0.309 e. The Kier molecular flexibility index (Phi) is 2.14. The minimum absolute atomic E-state index is 0.00640. The summed E-state index contributed by atoms with van der Waals surface area (Å²) < 4.78 is 11.9. The number of fused-ring (bicyclic) bond motifs is 1. The van der Waals surface area contributed by atoms with Crippen molar-refractivity contribution < 1.29 is 19.4 Å². The first-order chi connectivity index (χ1) is 8.85. The second-order valence-corrected chi connectivity index (χ2v) is 7.43. The Morgan fingerprint density at radius 2 is 2.00 bits per heavy atom. The number of hydrogen-bond acceptors (Lipinski definition) is 4. The van der Waals surface area contributed by atoms with Crippen molar-refractivity contribution >= 4 is 5.97 Å². The van der Waals surface area contributed by atoms with Gasteiger partial charge in [0.25, 0.3) is 0 Å². The average molecular weight is 266 g/mol. The van der Waals surface area contributed by atoms with Gasteiger partial charge in [0.05, 0.1) is 23.2 Å². The summed E-state index contributed by atoms with van der Waals surface area (Å²) in [5, 5.41) is 10.3. The molecule has 106 valence electrons. The molecular weight excluding hydrogens is 244 g/mol. The van der Waals surface area contributed by atoms with E-state index in [2.05, 4.69) is 13.8 Å². The summed E-state index contributed by atoms with van der Waals surface area (Å²) in [6.07, 6.45) is 2.22. The van der Waals surface area contributed by atoms with E-state index in [1.165, 1.54) is 0 Å². The van der Waals surface area contributed by atoms with Gasteiger partial charge in [-0.2, -0.15) is 0 Å². The SMILES string of the molecule is C[C@@H]1C(=O)O[C@H]2C[C@]3(C)O[C@]4(C)[C@H](C[C@@H]21)[C@H]3C[C@@H]4O. The fourth-order valence-corrected chi connectivity index (χ4v) is 5.36. The molecule has 4 aliphatic rings. The second-order valence-electron chi connectivity index (χ2n) is 7.43. The predicted molar refractivity (Wildman–Crippen MR) is 67.3 cm³/mol. The molecule has 4 nitrogen and oxygen atoms in total. The molecule has 2 saturated carbocycles. The van der Waals surface area contributed by atoms with Gasteiger partial charge in [-0.15, -0.1) is 0 Å². The number of hydrogen-bond donors (Lipinski definition) is 1. The Bertz CT molecular complexity index is 449. The van der Waals surface area contributed by atoms with Crippen LogP contribution < -0.4 is 0 Å². The molecule has 2 aliphatic carbocycles. The highest BCUT2D eigenvalue weighted by molar-refractivity contribution is 5.74. The van der Waals surface area contributed by atoms with Gasteiger partial charge in [0.15, 0.2) is 0 Å². The molecule has 0 aromatic rings. The van der Waals surface area contributed by atoms with Crippen molar-refractivity contribution in [2.24, 2.45) is 23.7 Å². The molecule has 19 heavy (non-hydrogen) atoms. The van der Waals surface area contributed by atoms with E-state index in [-0.39, 0.29) is 29.7 Å². The van der Waals surface area contributed by atoms with Crippen molar-refractivity contribution in [3.63, 3.8) is 0 Å². The van der Waals surface area contributed by atoms with Gasteiger partial charge in [0, 0.05) is 12.3 Å². The molecule has 0 spiro atoms. The van der Waals surface area contributed by atoms with Crippen LogP contribution in [0.25, 0.3) is 0 Å². The van der Waals surface area contributed by atoms with E-state index in [4.69, 9.17) is 9.47 Å². The summed E-state index contributed by atoms with van der Waals surface area (Å²) in [6.45, 7) is 6.17. The van der Waals surface area contributed by atoms with E-state index in [1.54, 1.807) is 0 Å². The summed E-state index contributed by atoms with van der Waals surface area (Å²) in [7, 11) is 0. The monoisotopic (exact) mass is 266 g/mol. The van der Waals surface area contributed by atoms with Crippen molar-refractivity contribution in [2.45, 2.75) is 63.4 Å². The van der Waals surface area contributed by atoms with Gasteiger partial charge in [-0.1, -0.05) is 6.92 Å². The Balaban J connectivity index is 1.74. The van der Waals surface area contributed by atoms with Crippen LogP contribution in [0.4, 0.5) is 0 Å². The normalized spacial score (nSPS) is 62.8. The molecule has 0 unspecified atom stereocenters. The van der Waals surface area contributed by atoms with Gasteiger partial charge in [-0.05, 0) is 38.5 Å². The van der Waals surface area contributed by atoms with Crippen molar-refractivity contribution in [2.75, 3.05) is 0 Å². The molecule has 0 amide bonds. The number of carbonyl (C=O) groups excluding carboxylic acids is 1. The first-order valence-electron chi connectivity index (χ1n) is 7.44. The van der Waals surface area contributed by atoms with E-state index in [1.807, 2.05) is 6.92 Å². The lowest BCUT2D eigenvalue weighted by Crippen LogP contribution is -2.49. The topological polar surface area (TPSA) is 55.8 Å². The molecule has 2 aliphatic heterocycles. The summed E-state index contributed by atoms with van der Waals surface area (Å²) >= 11 is 0. The van der Waals surface area contributed by atoms with E-state index in [9.17, 15) is 9.90 Å². The number of aliphatic hydroxyl groups is 1. The maximum absolute atomic E-state index is 11.8. The first kappa shape index (κ1) is 12.2. The van der Waals surface area contributed by atoms with Gasteiger partial charge in [0.2, 0.25) is 0 Å². The van der Waals surface area contributed by atoms with E-state index >= 15 is 0 Å². The summed E-state index contributed by atoms with van der Waals surface area (Å²) in [6, 6.07) is 0. The molecule has 0 radical (unpaired) electrons. The third-order valence-electron chi connectivity index (χ3n) is 6.49. The lowest BCUT2D eigenvalue weighted by Gasteiger charge is -2.42. The fraction of sp³-hybridized carbons (Fsp3) is 0.933. The highest BCUT2D eigenvalue weighted by atomic mass is 16.6. The molecule has 4 bridgehead atoms. The standard InChI is InChI=1S/C15H22O4/c1-7-8-4-10-9-5-12(16)15(10,3)19-14(9,2)6-11(8)18-13(7)17/h7-12,16H,4-6H2,1-3H3/t7-,8+,9+,10+,11-,12-,14-,15+/m0/s1. The quantitative estimate of drug-likeness (QED) is 0.675. The van der Waals surface area contributed by atoms with Gasteiger partial charge in [0.1, 0.15) is 6.10 Å². The smallest absolute Gasteiger partial charge is 0.309 e. The third-order valence-corrected chi connectivity index (χ3v) is 6.49. The van der Waals surface area contributed by atoms with Crippen molar-refractivity contribution in [1.82, 2.24) is 0 Å². The summed E-state index contributed by atoms with van der Waals surface area (Å²) in [4.78, 5) is 11.8. The summed E-state index contributed by atoms with van der Waals surface area (Å²) in [5.41, 5.74) is -0.655. The molecule has 0 aromatic heterocycles. The molecule has 4 rings (SSSR count). The first-order valence-corrected chi connectivity index (χ1v) is 7.44. The van der Waals surface area contributed by atoms with Crippen LogP contribution in [0.5, 0.6) is 0 Å². The Morgan fingerprint density at radius 1 is 1.26 bits per heavy atom. The maximum atomic E-state index is 11.8. The van der Waals surface area contributed by atoms with Crippen LogP contribution >= 0.6 is 0 Å². The number of esters is 1. The average Bonchev–Trinajstić information content (AvgIpc) is 2.73. The molecule has 2 saturated heterocycles. The number of carbonyl (C=O) groups is 1. The van der Waals surface area contributed by atoms with Crippen molar-refractivity contribution in [3.8, 4) is 0 Å². The van der Waals surface area contributed by atoms with Gasteiger partial charge in [-0.3, -0.25) is 4.79 Å². The zero-order chi connectivity index (χ0) is 13.6. The predicted octanol–water partition coefficient (Wildman–Crippen LogP) is 1.50. The molecule has 4 heteroatoms. The van der Waals surface area contributed by atoms with Crippen molar-refractivity contribution in [3.05, 3.63) is 0 Å². The van der Waals surface area contributed by atoms with Gasteiger partial charge >= 0.3 is 5.97 Å². The van der Waals surface area contributed by atoms with Crippen LogP contribution in [0, 0.1) is 23.7 Å². The Labute approximate surface area is 113 Å². The number of rotatable bonds is 0. The van der Waals surface area contributed by atoms with Crippen LogP contribution in [0.15, 0.2) is 0 Å². The van der Waals surface area contributed by atoms with Gasteiger partial charge < -0.3 is 14.6 Å². The van der Waals surface area contributed by atoms with Crippen LogP contribution in [0.3, 0.4) is 0 Å². The molecule has 4 fully saturated rings. The fourth-order valence-electron chi connectivity index (χ4n) is 5.36.